The van der Waals surface area contributed by atoms with Gasteiger partial charge in [-0.15, -0.1) is 5.10 Å². The first-order valence-corrected chi connectivity index (χ1v) is 12.3. The lowest BCUT2D eigenvalue weighted by Gasteiger charge is -2.18. The first-order valence-electron chi connectivity index (χ1n) is 10.8. The maximum atomic E-state index is 12.6. The van der Waals surface area contributed by atoms with Crippen molar-refractivity contribution < 1.29 is 8.42 Å². The van der Waals surface area contributed by atoms with E-state index in [1.807, 2.05) is 49.5 Å². The molecule has 0 radical (unpaired) electrons. The van der Waals surface area contributed by atoms with E-state index in [9.17, 15) is 8.42 Å². The second-order valence-electron chi connectivity index (χ2n) is 8.35. The lowest BCUT2D eigenvalue weighted by atomic mass is 10.2. The average molecular weight is 443 g/mol. The zero-order valence-electron chi connectivity index (χ0n) is 18.0. The maximum Gasteiger partial charge on any atom is 0.283 e. The molecule has 0 aliphatic carbocycles. The number of anilines is 1. The van der Waals surface area contributed by atoms with E-state index in [1.165, 1.54) is 6.42 Å². The SMILES string of the molecule is Cc1cc(N2CCC(C)C2)cn2nc(S(=O)(=O)NC3CCNC3)nc12.c1ccccc1. The molecule has 1 aromatic carbocycles. The van der Waals surface area contributed by atoms with Crippen molar-refractivity contribution in [2.75, 3.05) is 31.1 Å². The minimum atomic E-state index is -3.71. The number of benzene rings is 1. The Morgan fingerprint density at radius 3 is 2.42 bits per heavy atom. The maximum absolute atomic E-state index is 12.6. The molecular formula is C22H30N6O2S. The van der Waals surface area contributed by atoms with Gasteiger partial charge in [-0.2, -0.15) is 4.98 Å². The number of nitrogens with zero attached hydrogens (tertiary/aromatic N) is 4. The Hall–Kier alpha value is -2.49. The molecule has 9 heteroatoms. The zero-order chi connectivity index (χ0) is 21.8. The molecule has 2 saturated heterocycles. The van der Waals surface area contributed by atoms with Crippen molar-refractivity contribution in [3.8, 4) is 0 Å². The minimum Gasteiger partial charge on any atom is -0.370 e. The molecule has 31 heavy (non-hydrogen) atoms. The van der Waals surface area contributed by atoms with Crippen LogP contribution in [0.25, 0.3) is 5.65 Å². The predicted molar refractivity (Wildman–Crippen MR) is 122 cm³/mol. The van der Waals surface area contributed by atoms with Gasteiger partial charge in [0, 0.05) is 25.7 Å². The normalized spacial score (nSPS) is 21.3. The van der Waals surface area contributed by atoms with Crippen molar-refractivity contribution in [2.45, 2.75) is 37.9 Å². The quantitative estimate of drug-likeness (QED) is 0.644. The van der Waals surface area contributed by atoms with Gasteiger partial charge in [-0.3, -0.25) is 0 Å². The van der Waals surface area contributed by atoms with Crippen LogP contribution in [0.5, 0.6) is 0 Å². The number of hydrogen-bond donors (Lipinski definition) is 2. The highest BCUT2D eigenvalue weighted by atomic mass is 32.2. The van der Waals surface area contributed by atoms with Crippen LogP contribution < -0.4 is 14.9 Å². The molecule has 8 nitrogen and oxygen atoms in total. The highest BCUT2D eigenvalue weighted by Gasteiger charge is 2.27. The van der Waals surface area contributed by atoms with Gasteiger partial charge in [0.05, 0.1) is 11.9 Å². The van der Waals surface area contributed by atoms with Crippen molar-refractivity contribution in [1.29, 1.82) is 0 Å². The van der Waals surface area contributed by atoms with Crippen molar-refractivity contribution in [2.24, 2.45) is 5.92 Å². The summed E-state index contributed by atoms with van der Waals surface area (Å²) in [4.78, 5) is 6.59. The van der Waals surface area contributed by atoms with E-state index in [4.69, 9.17) is 0 Å². The summed E-state index contributed by atoms with van der Waals surface area (Å²) < 4.78 is 29.4. The fraction of sp³-hybridized carbons (Fsp3) is 0.455. The van der Waals surface area contributed by atoms with E-state index < -0.39 is 10.0 Å². The largest absolute Gasteiger partial charge is 0.370 e. The third kappa shape index (κ3) is 5.23. The van der Waals surface area contributed by atoms with Gasteiger partial charge < -0.3 is 10.2 Å². The average Bonchev–Trinajstić information content (AvgIpc) is 3.50. The van der Waals surface area contributed by atoms with Gasteiger partial charge in [0.2, 0.25) is 0 Å². The van der Waals surface area contributed by atoms with Crippen LogP contribution in [-0.2, 0) is 10.0 Å². The Balaban J connectivity index is 0.000000334. The lowest BCUT2D eigenvalue weighted by Crippen LogP contribution is -2.36. The third-order valence-corrected chi connectivity index (χ3v) is 6.96. The molecule has 5 rings (SSSR count). The molecule has 0 spiro atoms. The summed E-state index contributed by atoms with van der Waals surface area (Å²) in [6.07, 6.45) is 3.83. The molecule has 0 saturated carbocycles. The number of nitrogens with one attached hydrogen (secondary N) is 2. The molecule has 2 atom stereocenters. The molecule has 2 aliphatic rings. The predicted octanol–water partition coefficient (Wildman–Crippen LogP) is 2.21. The Morgan fingerprint density at radius 2 is 1.84 bits per heavy atom. The van der Waals surface area contributed by atoms with Crippen LogP contribution in [0.4, 0.5) is 5.69 Å². The van der Waals surface area contributed by atoms with Crippen molar-refractivity contribution in [3.63, 3.8) is 0 Å². The summed E-state index contributed by atoms with van der Waals surface area (Å²) >= 11 is 0. The summed E-state index contributed by atoms with van der Waals surface area (Å²) in [5, 5.41) is 7.23. The van der Waals surface area contributed by atoms with Gasteiger partial charge in [-0.1, -0.05) is 43.3 Å². The number of sulfonamides is 1. The van der Waals surface area contributed by atoms with Gasteiger partial charge >= 0.3 is 0 Å². The molecule has 0 bridgehead atoms. The summed E-state index contributed by atoms with van der Waals surface area (Å²) in [7, 11) is -3.71. The van der Waals surface area contributed by atoms with Crippen molar-refractivity contribution in [3.05, 3.63) is 54.2 Å². The highest BCUT2D eigenvalue weighted by Crippen LogP contribution is 2.25. The molecule has 2 fully saturated rings. The van der Waals surface area contributed by atoms with Crippen LogP contribution in [-0.4, -0.2) is 55.2 Å². The number of aryl methyl sites for hydroxylation is 1. The van der Waals surface area contributed by atoms with Gasteiger partial charge in [0.1, 0.15) is 0 Å². The molecule has 2 aromatic heterocycles. The number of rotatable bonds is 4. The smallest absolute Gasteiger partial charge is 0.283 e. The molecule has 166 valence electrons. The molecule has 2 N–H and O–H groups in total. The van der Waals surface area contributed by atoms with Crippen LogP contribution >= 0.6 is 0 Å². The fourth-order valence-electron chi connectivity index (χ4n) is 3.98. The van der Waals surface area contributed by atoms with Crippen LogP contribution in [0.15, 0.2) is 53.8 Å². The lowest BCUT2D eigenvalue weighted by molar-refractivity contribution is 0.551. The van der Waals surface area contributed by atoms with Crippen LogP contribution in [0.3, 0.4) is 0 Å². The monoisotopic (exact) mass is 442 g/mol. The molecular weight excluding hydrogens is 412 g/mol. The van der Waals surface area contributed by atoms with Gasteiger partial charge in [-0.25, -0.2) is 17.7 Å². The second-order valence-corrected chi connectivity index (χ2v) is 9.96. The van der Waals surface area contributed by atoms with Crippen molar-refractivity contribution in [1.82, 2.24) is 24.6 Å². The summed E-state index contributed by atoms with van der Waals surface area (Å²) in [6.45, 7) is 7.68. The zero-order valence-corrected chi connectivity index (χ0v) is 18.8. The van der Waals surface area contributed by atoms with Crippen LogP contribution in [0.2, 0.25) is 0 Å². The fourth-order valence-corrected chi connectivity index (χ4v) is 5.13. The van der Waals surface area contributed by atoms with Gasteiger partial charge in [0.25, 0.3) is 15.2 Å². The second kappa shape index (κ2) is 9.33. The van der Waals surface area contributed by atoms with Crippen LogP contribution in [0.1, 0.15) is 25.3 Å². The summed E-state index contributed by atoms with van der Waals surface area (Å²) in [5.74, 6) is 0.673. The van der Waals surface area contributed by atoms with E-state index in [0.29, 0.717) is 18.1 Å². The van der Waals surface area contributed by atoms with E-state index in [-0.39, 0.29) is 11.2 Å². The Labute approximate surface area is 183 Å². The first-order chi connectivity index (χ1) is 14.9. The van der Waals surface area contributed by atoms with E-state index in [0.717, 1.165) is 37.3 Å². The topological polar surface area (TPSA) is 91.6 Å². The van der Waals surface area contributed by atoms with Gasteiger partial charge in [-0.05, 0) is 43.9 Å². The Kier molecular flexibility index (Phi) is 6.54. The number of aromatic nitrogens is 3. The number of hydrogen-bond acceptors (Lipinski definition) is 6. The molecule has 2 aliphatic heterocycles. The van der Waals surface area contributed by atoms with E-state index >= 15 is 0 Å². The van der Waals surface area contributed by atoms with Gasteiger partial charge in [0.15, 0.2) is 5.65 Å². The van der Waals surface area contributed by atoms with Crippen molar-refractivity contribution >= 4 is 21.4 Å². The number of fused-ring (bicyclic) bond motifs is 1. The standard InChI is InChI=1S/C16H24N6O2S.C6H6/c1-11-4-6-21(9-11)14-7-12(2)15-18-16(19-22(15)10-14)25(23,24)20-13-3-5-17-8-13;1-2-4-6-5-3-1/h7,10-11,13,17,20H,3-6,8-9H2,1-2H3;1-6H. The molecule has 4 heterocycles. The summed E-state index contributed by atoms with van der Waals surface area (Å²) in [6, 6.07) is 14.0. The minimum absolute atomic E-state index is 0.0978. The molecule has 0 amide bonds. The molecule has 3 aromatic rings. The third-order valence-electron chi connectivity index (χ3n) is 5.66. The number of pyridine rings is 1. The van der Waals surface area contributed by atoms with E-state index in [1.54, 1.807) is 4.52 Å². The Morgan fingerprint density at radius 1 is 1.13 bits per heavy atom. The molecule has 2 unspecified atom stereocenters. The first kappa shape index (κ1) is 21.7. The highest BCUT2D eigenvalue weighted by molar-refractivity contribution is 7.89. The summed E-state index contributed by atoms with van der Waals surface area (Å²) in [5.41, 5.74) is 2.57. The van der Waals surface area contributed by atoms with Crippen LogP contribution in [0, 0.1) is 12.8 Å². The van der Waals surface area contributed by atoms with E-state index in [2.05, 4.69) is 38.0 Å². The Bertz CT molecular complexity index is 1080.